The second-order valence-electron chi connectivity index (χ2n) is 6.62. The summed E-state index contributed by atoms with van der Waals surface area (Å²) in [5.74, 6) is 0.848. The Morgan fingerprint density at radius 2 is 1.54 bits per heavy atom. The zero-order chi connectivity index (χ0) is 18.3. The van der Waals surface area contributed by atoms with Gasteiger partial charge >= 0.3 is 0 Å². The topological polar surface area (TPSA) is 84.5 Å². The van der Waals surface area contributed by atoms with Crippen molar-refractivity contribution < 1.29 is 17.9 Å². The Morgan fingerprint density at radius 1 is 1.00 bits per heavy atom. The summed E-state index contributed by atoms with van der Waals surface area (Å²) in [6, 6.07) is 6.04. The monoisotopic (exact) mass is 356 g/mol. The van der Waals surface area contributed by atoms with E-state index in [0.717, 1.165) is 0 Å². The maximum Gasteiger partial charge on any atom is 0.260 e. The molecule has 0 aromatic heterocycles. The summed E-state index contributed by atoms with van der Waals surface area (Å²) in [7, 11) is -3.52. The molecule has 0 fully saturated rings. The second kappa shape index (κ2) is 9.03. The number of carbonyl (C=O) groups excluding carboxylic acids is 1. The maximum atomic E-state index is 12.1. The summed E-state index contributed by atoms with van der Waals surface area (Å²) < 4.78 is 32.3. The maximum absolute atomic E-state index is 12.1. The fourth-order valence-electron chi connectivity index (χ4n) is 1.76. The molecule has 24 heavy (non-hydrogen) atoms. The highest BCUT2D eigenvalue weighted by Gasteiger charge is 2.17. The van der Waals surface area contributed by atoms with Gasteiger partial charge in [-0.25, -0.2) is 13.1 Å². The van der Waals surface area contributed by atoms with Crippen LogP contribution in [0, 0.1) is 11.8 Å². The van der Waals surface area contributed by atoms with Gasteiger partial charge < -0.3 is 10.1 Å². The Balaban J connectivity index is 2.66. The number of amides is 1. The Hall–Kier alpha value is -1.60. The number of ether oxygens (including phenoxy) is 1. The smallest absolute Gasteiger partial charge is 0.260 e. The molecule has 1 atom stereocenters. The highest BCUT2D eigenvalue weighted by molar-refractivity contribution is 7.89. The van der Waals surface area contributed by atoms with Crippen LogP contribution in [-0.2, 0) is 14.8 Å². The molecule has 0 bridgehead atoms. The molecule has 0 aliphatic rings. The zero-order valence-electron chi connectivity index (χ0n) is 15.0. The largest absolute Gasteiger partial charge is 0.481 e. The molecule has 6 nitrogen and oxygen atoms in total. The first kappa shape index (κ1) is 20.4. The summed E-state index contributed by atoms with van der Waals surface area (Å²) in [5.41, 5.74) is 0. The Labute approximate surface area is 145 Å². The van der Waals surface area contributed by atoms with E-state index < -0.39 is 16.1 Å². The van der Waals surface area contributed by atoms with Gasteiger partial charge in [-0.3, -0.25) is 4.79 Å². The van der Waals surface area contributed by atoms with Crippen LogP contribution < -0.4 is 14.8 Å². The van der Waals surface area contributed by atoms with Crippen LogP contribution in [0.1, 0.15) is 34.6 Å². The van der Waals surface area contributed by atoms with Crippen molar-refractivity contribution in [2.75, 3.05) is 13.1 Å². The number of sulfonamides is 1. The SMILES string of the molecule is CC(C)CNC(=O)[C@H](C)Oc1ccc(S(=O)(=O)NCC(C)C)cc1. The molecule has 7 heteroatoms. The van der Waals surface area contributed by atoms with Crippen molar-refractivity contribution in [3.8, 4) is 5.75 Å². The van der Waals surface area contributed by atoms with E-state index in [4.69, 9.17) is 4.74 Å². The number of carbonyl (C=O) groups is 1. The average Bonchev–Trinajstić information content (AvgIpc) is 2.51. The molecule has 0 heterocycles. The first-order valence-electron chi connectivity index (χ1n) is 8.16. The number of rotatable bonds is 9. The molecular weight excluding hydrogens is 328 g/mol. The van der Waals surface area contributed by atoms with Gasteiger partial charge in [0.15, 0.2) is 6.10 Å². The van der Waals surface area contributed by atoms with Crippen molar-refractivity contribution in [1.29, 1.82) is 0 Å². The van der Waals surface area contributed by atoms with Crippen molar-refractivity contribution >= 4 is 15.9 Å². The Morgan fingerprint density at radius 3 is 2.04 bits per heavy atom. The van der Waals surface area contributed by atoms with Gasteiger partial charge in [-0.1, -0.05) is 27.7 Å². The second-order valence-corrected chi connectivity index (χ2v) is 8.38. The fraction of sp³-hybridized carbons (Fsp3) is 0.588. The first-order valence-corrected chi connectivity index (χ1v) is 9.64. The summed E-state index contributed by atoms with van der Waals surface area (Å²) in [6.45, 7) is 10.5. The normalized spacial score (nSPS) is 13.1. The van der Waals surface area contributed by atoms with Crippen LogP contribution in [-0.4, -0.2) is 33.5 Å². The van der Waals surface area contributed by atoms with Crippen LogP contribution in [0.3, 0.4) is 0 Å². The van der Waals surface area contributed by atoms with E-state index >= 15 is 0 Å². The van der Waals surface area contributed by atoms with Gasteiger partial charge in [0.25, 0.3) is 5.91 Å². The lowest BCUT2D eigenvalue weighted by Crippen LogP contribution is -2.38. The third-order valence-electron chi connectivity index (χ3n) is 3.18. The van der Waals surface area contributed by atoms with Gasteiger partial charge in [0.2, 0.25) is 10.0 Å². The van der Waals surface area contributed by atoms with E-state index in [-0.39, 0.29) is 16.7 Å². The van der Waals surface area contributed by atoms with Gasteiger partial charge in [-0.15, -0.1) is 0 Å². The van der Waals surface area contributed by atoms with Crippen LogP contribution in [0.2, 0.25) is 0 Å². The van der Waals surface area contributed by atoms with Gasteiger partial charge in [-0.05, 0) is 43.0 Å². The quantitative estimate of drug-likeness (QED) is 0.710. The summed E-state index contributed by atoms with van der Waals surface area (Å²) in [6.07, 6.45) is -0.648. The van der Waals surface area contributed by atoms with Crippen molar-refractivity contribution in [3.63, 3.8) is 0 Å². The molecule has 0 saturated carbocycles. The van der Waals surface area contributed by atoms with Crippen LogP contribution >= 0.6 is 0 Å². The highest BCUT2D eigenvalue weighted by atomic mass is 32.2. The molecule has 2 N–H and O–H groups in total. The predicted octanol–water partition coefficient (Wildman–Crippen LogP) is 2.16. The Kier molecular flexibility index (Phi) is 7.69. The van der Waals surface area contributed by atoms with Crippen LogP contribution in [0.25, 0.3) is 0 Å². The van der Waals surface area contributed by atoms with Crippen molar-refractivity contribution in [2.24, 2.45) is 11.8 Å². The summed E-state index contributed by atoms with van der Waals surface area (Å²) >= 11 is 0. The number of nitrogens with one attached hydrogen (secondary N) is 2. The van der Waals surface area contributed by atoms with Crippen LogP contribution in [0.5, 0.6) is 5.75 Å². The molecule has 0 saturated heterocycles. The first-order chi connectivity index (χ1) is 11.1. The highest BCUT2D eigenvalue weighted by Crippen LogP contribution is 2.17. The van der Waals surface area contributed by atoms with E-state index in [1.165, 1.54) is 12.1 Å². The van der Waals surface area contributed by atoms with E-state index in [1.807, 2.05) is 27.7 Å². The van der Waals surface area contributed by atoms with Crippen LogP contribution in [0.4, 0.5) is 0 Å². The molecule has 0 radical (unpaired) electrons. The Bertz CT molecular complexity index is 624. The minimum absolute atomic E-state index is 0.174. The van der Waals surface area contributed by atoms with Gasteiger partial charge in [0.1, 0.15) is 5.75 Å². The zero-order valence-corrected chi connectivity index (χ0v) is 15.8. The molecule has 1 aromatic carbocycles. The number of hydrogen-bond acceptors (Lipinski definition) is 4. The average molecular weight is 356 g/mol. The van der Waals surface area contributed by atoms with E-state index in [1.54, 1.807) is 19.1 Å². The van der Waals surface area contributed by atoms with Crippen molar-refractivity contribution in [2.45, 2.75) is 45.6 Å². The predicted molar refractivity (Wildman–Crippen MR) is 94.4 cm³/mol. The van der Waals surface area contributed by atoms with E-state index in [2.05, 4.69) is 10.0 Å². The summed E-state index contributed by atoms with van der Waals surface area (Å²) in [5, 5.41) is 2.80. The minimum Gasteiger partial charge on any atom is -0.481 e. The number of hydrogen-bond donors (Lipinski definition) is 2. The van der Waals surface area contributed by atoms with E-state index in [9.17, 15) is 13.2 Å². The van der Waals surface area contributed by atoms with Crippen LogP contribution in [0.15, 0.2) is 29.2 Å². The molecule has 0 aliphatic carbocycles. The third kappa shape index (κ3) is 6.88. The van der Waals surface area contributed by atoms with Gasteiger partial charge in [-0.2, -0.15) is 0 Å². The lowest BCUT2D eigenvalue weighted by atomic mass is 10.2. The molecule has 1 aromatic rings. The van der Waals surface area contributed by atoms with Crippen molar-refractivity contribution in [3.05, 3.63) is 24.3 Å². The van der Waals surface area contributed by atoms with Crippen molar-refractivity contribution in [1.82, 2.24) is 10.0 Å². The molecule has 136 valence electrons. The molecule has 0 unspecified atom stereocenters. The minimum atomic E-state index is -3.52. The standard InChI is InChI=1S/C17H28N2O4S/c1-12(2)10-18-17(20)14(5)23-15-6-8-16(9-7-15)24(21,22)19-11-13(3)4/h6-9,12-14,19H,10-11H2,1-5H3,(H,18,20)/t14-/m0/s1. The van der Waals surface area contributed by atoms with Gasteiger partial charge in [0.05, 0.1) is 4.90 Å². The third-order valence-corrected chi connectivity index (χ3v) is 4.62. The molecule has 0 spiro atoms. The molecule has 1 amide bonds. The van der Waals surface area contributed by atoms with E-state index in [0.29, 0.717) is 24.8 Å². The van der Waals surface area contributed by atoms with Gasteiger partial charge in [0, 0.05) is 13.1 Å². The molecular formula is C17H28N2O4S. The molecule has 0 aliphatic heterocycles. The lowest BCUT2D eigenvalue weighted by Gasteiger charge is -2.16. The number of benzene rings is 1. The summed E-state index contributed by atoms with van der Waals surface area (Å²) in [4.78, 5) is 12.1. The lowest BCUT2D eigenvalue weighted by molar-refractivity contribution is -0.127. The fourth-order valence-corrected chi connectivity index (χ4v) is 2.98. The molecule has 1 rings (SSSR count).